The first-order valence-corrected chi connectivity index (χ1v) is 13.1. The van der Waals surface area contributed by atoms with Gasteiger partial charge >= 0.3 is 0 Å². The van der Waals surface area contributed by atoms with Crippen LogP contribution in [0.5, 0.6) is 11.5 Å². The zero-order valence-electron chi connectivity index (χ0n) is 20.8. The van der Waals surface area contributed by atoms with Gasteiger partial charge in [-0.1, -0.05) is 62.1 Å². The molecule has 0 bridgehead atoms. The summed E-state index contributed by atoms with van der Waals surface area (Å²) in [6, 6.07) is 14.6. The molecule has 0 aromatic heterocycles. The molecule has 6 nitrogen and oxygen atoms in total. The third-order valence-electron chi connectivity index (χ3n) is 6.48. The molecule has 2 aromatic carbocycles. The van der Waals surface area contributed by atoms with E-state index in [4.69, 9.17) is 21.1 Å². The number of methoxy groups -OCH3 is 1. The number of ether oxygens (including phenoxy) is 2. The molecule has 0 saturated heterocycles. The number of hydrogen-bond donors (Lipinski definition) is 1. The quantitative estimate of drug-likeness (QED) is 0.336. The Kier molecular flexibility index (Phi) is 10.7. The van der Waals surface area contributed by atoms with Crippen molar-refractivity contribution in [2.24, 2.45) is 0 Å². The summed E-state index contributed by atoms with van der Waals surface area (Å²) in [6.07, 6.45) is 7.12. The summed E-state index contributed by atoms with van der Waals surface area (Å²) < 4.78 is 11.2. The first-order valence-electron chi connectivity index (χ1n) is 12.6. The highest BCUT2D eigenvalue weighted by atomic mass is 35.5. The number of benzene rings is 2. The molecule has 3 rings (SSSR count). The van der Waals surface area contributed by atoms with Crippen molar-refractivity contribution >= 4 is 23.4 Å². The van der Waals surface area contributed by atoms with Crippen LogP contribution in [0, 0.1) is 0 Å². The first-order chi connectivity index (χ1) is 17.1. The van der Waals surface area contributed by atoms with Crippen LogP contribution in [0.15, 0.2) is 48.5 Å². The monoisotopic (exact) mass is 500 g/mol. The minimum atomic E-state index is -0.821. The highest BCUT2D eigenvalue weighted by molar-refractivity contribution is 6.27. The minimum Gasteiger partial charge on any atom is -0.493 e. The highest BCUT2D eigenvalue weighted by Gasteiger charge is 2.33. The van der Waals surface area contributed by atoms with Gasteiger partial charge in [0.25, 0.3) is 0 Å². The van der Waals surface area contributed by atoms with Crippen molar-refractivity contribution in [3.63, 3.8) is 0 Å². The molecule has 1 fully saturated rings. The molecule has 7 heteroatoms. The molecular formula is C28H37ClN2O4. The Labute approximate surface area is 213 Å². The third-order valence-corrected chi connectivity index (χ3v) is 6.71. The summed E-state index contributed by atoms with van der Waals surface area (Å²) in [7, 11) is 1.57. The predicted molar refractivity (Wildman–Crippen MR) is 139 cm³/mol. The van der Waals surface area contributed by atoms with Crippen molar-refractivity contribution in [2.45, 2.75) is 64.0 Å². The second-order valence-electron chi connectivity index (χ2n) is 8.90. The Morgan fingerprint density at radius 2 is 1.77 bits per heavy atom. The molecule has 0 radical (unpaired) electrons. The van der Waals surface area contributed by atoms with Gasteiger partial charge in [0, 0.05) is 12.6 Å². The van der Waals surface area contributed by atoms with Crippen LogP contribution in [0.3, 0.4) is 0 Å². The lowest BCUT2D eigenvalue weighted by Crippen LogP contribution is -2.47. The molecule has 190 valence electrons. The Bertz CT molecular complexity index is 945. The normalized spacial score (nSPS) is 15.1. The van der Waals surface area contributed by atoms with Gasteiger partial charge in [-0.15, -0.1) is 11.6 Å². The number of nitrogens with one attached hydrogen (secondary N) is 1. The van der Waals surface area contributed by atoms with E-state index in [9.17, 15) is 9.59 Å². The molecule has 1 unspecified atom stereocenters. The number of nitrogens with zero attached hydrogens (tertiary/aromatic N) is 1. The zero-order valence-corrected chi connectivity index (χ0v) is 21.6. The van der Waals surface area contributed by atoms with Gasteiger partial charge < -0.3 is 19.7 Å². The first kappa shape index (κ1) is 26.9. The maximum atomic E-state index is 13.8. The van der Waals surface area contributed by atoms with Crippen molar-refractivity contribution in [1.29, 1.82) is 0 Å². The van der Waals surface area contributed by atoms with E-state index in [1.165, 1.54) is 12.8 Å². The van der Waals surface area contributed by atoms with Gasteiger partial charge in [0.2, 0.25) is 11.8 Å². The second kappa shape index (κ2) is 14.0. The van der Waals surface area contributed by atoms with Crippen molar-refractivity contribution in [3.05, 3.63) is 59.7 Å². The minimum absolute atomic E-state index is 0.110. The van der Waals surface area contributed by atoms with E-state index in [0.29, 0.717) is 36.6 Å². The lowest BCUT2D eigenvalue weighted by Gasteiger charge is -2.32. The molecule has 2 aromatic rings. The van der Waals surface area contributed by atoms with Crippen LogP contribution >= 0.6 is 11.6 Å². The third kappa shape index (κ3) is 7.63. The van der Waals surface area contributed by atoms with Gasteiger partial charge in [-0.3, -0.25) is 9.59 Å². The van der Waals surface area contributed by atoms with Crippen LogP contribution < -0.4 is 14.8 Å². The fourth-order valence-electron chi connectivity index (χ4n) is 4.67. The number of amides is 2. The SMILES string of the molecule is CCOc1ccc(C(C(=O)NC2CCCCCC2)N(CCc2ccccc2)C(=O)CCl)cc1OC. The van der Waals surface area contributed by atoms with Crippen LogP contribution in [0.2, 0.25) is 0 Å². The maximum Gasteiger partial charge on any atom is 0.247 e. The number of carbonyl (C=O) groups is 2. The summed E-state index contributed by atoms with van der Waals surface area (Å²) >= 11 is 6.04. The van der Waals surface area contributed by atoms with Gasteiger partial charge in [-0.25, -0.2) is 0 Å². The van der Waals surface area contributed by atoms with Gasteiger partial charge in [0.15, 0.2) is 11.5 Å². The van der Waals surface area contributed by atoms with Gasteiger partial charge in [0.1, 0.15) is 11.9 Å². The average Bonchev–Trinajstić information content (AvgIpc) is 3.15. The lowest BCUT2D eigenvalue weighted by atomic mass is 10.0. The van der Waals surface area contributed by atoms with Crippen LogP contribution in [0.25, 0.3) is 0 Å². The number of halogens is 1. The fourth-order valence-corrected chi connectivity index (χ4v) is 4.83. The molecule has 1 saturated carbocycles. The van der Waals surface area contributed by atoms with Crippen LogP contribution in [-0.2, 0) is 16.0 Å². The van der Waals surface area contributed by atoms with E-state index in [1.54, 1.807) is 24.1 Å². The average molecular weight is 501 g/mol. The van der Waals surface area contributed by atoms with Crippen LogP contribution in [0.1, 0.15) is 62.6 Å². The van der Waals surface area contributed by atoms with Gasteiger partial charge in [0.05, 0.1) is 13.7 Å². The Morgan fingerprint density at radius 1 is 1.06 bits per heavy atom. The second-order valence-corrected chi connectivity index (χ2v) is 9.17. The van der Waals surface area contributed by atoms with E-state index in [1.807, 2.05) is 43.3 Å². The summed E-state index contributed by atoms with van der Waals surface area (Å²) in [5.74, 6) is 0.459. The van der Waals surface area contributed by atoms with E-state index >= 15 is 0 Å². The number of carbonyl (C=O) groups excluding carboxylic acids is 2. The fraction of sp³-hybridized carbons (Fsp3) is 0.500. The Morgan fingerprint density at radius 3 is 2.40 bits per heavy atom. The van der Waals surface area contributed by atoms with E-state index < -0.39 is 6.04 Å². The number of rotatable bonds is 11. The standard InChI is InChI=1S/C28H37ClN2O4/c1-3-35-24-16-15-22(19-25(24)34-2)27(28(33)30-23-13-9-4-5-10-14-23)31(26(32)20-29)18-17-21-11-7-6-8-12-21/h6-8,11-12,15-16,19,23,27H,3-5,9-10,13-14,17-18,20H2,1-2H3,(H,30,33). The van der Waals surface area contributed by atoms with Gasteiger partial charge in [-0.05, 0) is 49.4 Å². The smallest absolute Gasteiger partial charge is 0.247 e. The summed E-state index contributed by atoms with van der Waals surface area (Å²) in [5.41, 5.74) is 1.76. The highest BCUT2D eigenvalue weighted by Crippen LogP contribution is 2.33. The predicted octanol–water partition coefficient (Wildman–Crippen LogP) is 5.28. The maximum absolute atomic E-state index is 13.8. The van der Waals surface area contributed by atoms with Crippen molar-refractivity contribution in [1.82, 2.24) is 10.2 Å². The number of hydrogen-bond acceptors (Lipinski definition) is 4. The molecule has 0 heterocycles. The molecule has 2 amide bonds. The van der Waals surface area contributed by atoms with Crippen LogP contribution in [0.4, 0.5) is 0 Å². The zero-order chi connectivity index (χ0) is 25.0. The summed E-state index contributed by atoms with van der Waals surface area (Å²) in [4.78, 5) is 28.5. The van der Waals surface area contributed by atoms with Crippen molar-refractivity contribution in [2.75, 3.05) is 26.1 Å². The topological polar surface area (TPSA) is 67.9 Å². The Hall–Kier alpha value is -2.73. The number of alkyl halides is 1. The molecular weight excluding hydrogens is 464 g/mol. The molecule has 1 N–H and O–H groups in total. The molecule has 0 aliphatic heterocycles. The summed E-state index contributed by atoms with van der Waals surface area (Å²) in [6.45, 7) is 2.77. The summed E-state index contributed by atoms with van der Waals surface area (Å²) in [5, 5.41) is 3.24. The Balaban J connectivity index is 1.95. The van der Waals surface area contributed by atoms with Crippen LogP contribution in [-0.4, -0.2) is 48.9 Å². The van der Waals surface area contributed by atoms with Crippen molar-refractivity contribution < 1.29 is 19.1 Å². The molecule has 1 aliphatic carbocycles. The van der Waals surface area contributed by atoms with E-state index in [-0.39, 0.29) is 23.7 Å². The van der Waals surface area contributed by atoms with Crippen molar-refractivity contribution in [3.8, 4) is 11.5 Å². The van der Waals surface area contributed by atoms with E-state index in [2.05, 4.69) is 5.32 Å². The van der Waals surface area contributed by atoms with E-state index in [0.717, 1.165) is 31.2 Å². The molecule has 0 spiro atoms. The largest absolute Gasteiger partial charge is 0.493 e. The molecule has 35 heavy (non-hydrogen) atoms. The molecule has 1 atom stereocenters. The molecule has 1 aliphatic rings. The lowest BCUT2D eigenvalue weighted by molar-refractivity contribution is -0.139. The van der Waals surface area contributed by atoms with Gasteiger partial charge in [-0.2, -0.15) is 0 Å².